The third-order valence-corrected chi connectivity index (χ3v) is 1.13. The average molecular weight is 185 g/mol. The molecule has 0 saturated carbocycles. The van der Waals surface area contributed by atoms with E-state index in [-0.39, 0.29) is 1.43 Å². The quantitative estimate of drug-likeness (QED) is 0.246. The fourth-order valence-corrected chi connectivity index (χ4v) is 0. The Labute approximate surface area is 69.2 Å². The van der Waals surface area contributed by atoms with Crippen LogP contribution in [0, 0.1) is 0 Å². The zero-order valence-corrected chi connectivity index (χ0v) is 8.13. The van der Waals surface area contributed by atoms with Gasteiger partial charge in [-0.25, -0.2) is 4.67 Å². The summed E-state index contributed by atoms with van der Waals surface area (Å²) in [6.07, 6.45) is 0. The minimum Gasteiger partial charge on any atom is -0.674 e. The molecule has 0 N–H and O–H groups in total. The maximum atomic E-state index is 8.87. The van der Waals surface area contributed by atoms with Crippen LogP contribution < -0.4 is 10.2 Å². The Bertz CT molecular complexity index is 117. The Morgan fingerprint density at radius 2 is 1.73 bits per heavy atom. The van der Waals surface area contributed by atoms with Crippen LogP contribution in [0.3, 0.4) is 0 Å². The predicted molar refractivity (Wildman–Crippen MR) is 39.4 cm³/mol. The van der Waals surface area contributed by atoms with Crippen molar-refractivity contribution in [1.29, 1.82) is 0 Å². The molecular formula is C5H16NO4P. The second-order valence-electron chi connectivity index (χ2n) is 2.90. The first-order valence-electron chi connectivity index (χ1n) is 3.08. The van der Waals surface area contributed by atoms with Crippen molar-refractivity contribution >= 4 is 8.25 Å². The summed E-state index contributed by atoms with van der Waals surface area (Å²) in [4.78, 5) is 8.87. The molecule has 0 amide bonds. The van der Waals surface area contributed by atoms with Gasteiger partial charge in [-0.05, 0) is 11.5 Å². The molecule has 1 unspecified atom stereocenters. The molecule has 0 radical (unpaired) electrons. The normalized spacial score (nSPS) is 11.6. The van der Waals surface area contributed by atoms with E-state index in [0.29, 0.717) is 0 Å². The van der Waals surface area contributed by atoms with E-state index in [1.165, 1.54) is 6.54 Å². The molecule has 0 aliphatic heterocycles. The summed E-state index contributed by atoms with van der Waals surface area (Å²) in [7, 11) is 3.39. The van der Waals surface area contributed by atoms with Gasteiger partial charge in [0.15, 0.2) is 0 Å². The van der Waals surface area contributed by atoms with Gasteiger partial charge < -0.3 is 14.6 Å². The van der Waals surface area contributed by atoms with Crippen LogP contribution in [-0.2, 0) is 9.24 Å². The van der Waals surface area contributed by atoms with Crippen LogP contribution >= 0.6 is 8.25 Å². The first kappa shape index (κ1) is 13.5. The van der Waals surface area contributed by atoms with Crippen molar-refractivity contribution in [3.05, 3.63) is 0 Å². The smallest absolute Gasteiger partial charge is 0.479 e. The topological polar surface area (TPSA) is 72.4 Å². The van der Waals surface area contributed by atoms with Crippen molar-refractivity contribution in [2.24, 2.45) is 0 Å². The van der Waals surface area contributed by atoms with Crippen LogP contribution in [0.4, 0.5) is 0 Å². The Morgan fingerprint density at radius 3 is 1.73 bits per heavy atom. The SMILES string of the molecule is CC[N+](C)(C)C.O=[P+]([O-])O[O-].[HH]. The molecule has 0 spiro atoms. The van der Waals surface area contributed by atoms with E-state index in [2.05, 4.69) is 32.7 Å². The zero-order valence-electron chi connectivity index (χ0n) is 7.23. The standard InChI is InChI=1S/C5H14N.HO4P.H2/c1-5-6(2,3)4;1-4-5(2)3;/h5H2,1-4H3;1H;1H/q+1;;/p-1. The summed E-state index contributed by atoms with van der Waals surface area (Å²) in [5, 5.41) is 8.53. The second kappa shape index (κ2) is 6.64. The molecule has 6 heteroatoms. The third-order valence-electron chi connectivity index (χ3n) is 1.01. The van der Waals surface area contributed by atoms with Crippen LogP contribution in [0.5, 0.6) is 0 Å². The second-order valence-corrected chi connectivity index (χ2v) is 3.50. The van der Waals surface area contributed by atoms with Gasteiger partial charge in [-0.3, -0.25) is 0 Å². The van der Waals surface area contributed by atoms with Gasteiger partial charge in [-0.2, -0.15) is 0 Å². The molecule has 0 heterocycles. The molecular weight excluding hydrogens is 169 g/mol. The van der Waals surface area contributed by atoms with Crippen molar-refractivity contribution < 1.29 is 25.3 Å². The molecule has 70 valence electrons. The van der Waals surface area contributed by atoms with E-state index < -0.39 is 8.25 Å². The molecule has 0 aliphatic rings. The van der Waals surface area contributed by atoms with E-state index in [0.717, 1.165) is 4.48 Å². The Hall–Kier alpha value is -0.0600. The van der Waals surface area contributed by atoms with E-state index in [4.69, 9.17) is 14.7 Å². The van der Waals surface area contributed by atoms with Crippen molar-refractivity contribution in [2.45, 2.75) is 6.92 Å². The van der Waals surface area contributed by atoms with Crippen molar-refractivity contribution in [2.75, 3.05) is 27.7 Å². The Balaban J connectivity index is -0.000000126. The van der Waals surface area contributed by atoms with Gasteiger partial charge in [-0.1, -0.05) is 0 Å². The van der Waals surface area contributed by atoms with E-state index >= 15 is 0 Å². The lowest BCUT2D eigenvalue weighted by Gasteiger charge is -2.20. The highest BCUT2D eigenvalue weighted by molar-refractivity contribution is 7.30. The summed E-state index contributed by atoms with van der Waals surface area (Å²) in [5.74, 6) is 0. The number of rotatable bonds is 2. The maximum absolute atomic E-state index is 8.87. The molecule has 0 aliphatic carbocycles. The summed E-state index contributed by atoms with van der Waals surface area (Å²) >= 11 is 0. The van der Waals surface area contributed by atoms with E-state index in [1.807, 2.05) is 0 Å². The third kappa shape index (κ3) is 25.7. The van der Waals surface area contributed by atoms with Crippen molar-refractivity contribution in [3.63, 3.8) is 0 Å². The first-order valence-corrected chi connectivity index (χ1v) is 4.17. The molecule has 0 saturated heterocycles. The van der Waals surface area contributed by atoms with Gasteiger partial charge in [-0.15, -0.1) is 0 Å². The molecule has 0 rings (SSSR count). The van der Waals surface area contributed by atoms with Gasteiger partial charge in [0, 0.05) is 1.43 Å². The molecule has 1 atom stereocenters. The van der Waals surface area contributed by atoms with Crippen molar-refractivity contribution in [1.82, 2.24) is 0 Å². The van der Waals surface area contributed by atoms with Crippen LogP contribution in [0.1, 0.15) is 8.35 Å². The fourth-order valence-electron chi connectivity index (χ4n) is 0. The van der Waals surface area contributed by atoms with Gasteiger partial charge in [0.05, 0.1) is 27.7 Å². The van der Waals surface area contributed by atoms with Gasteiger partial charge in [0.2, 0.25) is 0 Å². The van der Waals surface area contributed by atoms with Gasteiger partial charge in [0.25, 0.3) is 0 Å². The lowest BCUT2D eigenvalue weighted by atomic mass is 10.6. The highest BCUT2D eigenvalue weighted by atomic mass is 31.1. The maximum Gasteiger partial charge on any atom is 0.479 e. The highest BCUT2D eigenvalue weighted by Gasteiger charge is 1.97. The molecule has 0 aromatic carbocycles. The first-order chi connectivity index (χ1) is 4.83. The lowest BCUT2D eigenvalue weighted by Crippen LogP contribution is -2.33. The van der Waals surface area contributed by atoms with Gasteiger partial charge >= 0.3 is 8.25 Å². The summed E-state index contributed by atoms with van der Waals surface area (Å²) in [6, 6.07) is 0. The number of nitrogens with zero attached hydrogens (tertiary/aromatic N) is 1. The van der Waals surface area contributed by atoms with E-state index in [1.54, 1.807) is 0 Å². The van der Waals surface area contributed by atoms with E-state index in [9.17, 15) is 0 Å². The largest absolute Gasteiger partial charge is 0.674 e. The number of hydrogen-bond donors (Lipinski definition) is 0. The number of quaternary nitrogens is 1. The summed E-state index contributed by atoms with van der Waals surface area (Å²) < 4.78 is 12.4. The molecule has 0 aromatic rings. The predicted octanol–water partition coefficient (Wildman–Crippen LogP) is -0.745. The summed E-state index contributed by atoms with van der Waals surface area (Å²) in [5.41, 5.74) is 0. The highest BCUT2D eigenvalue weighted by Crippen LogP contribution is 1.99. The molecule has 0 bridgehead atoms. The lowest BCUT2D eigenvalue weighted by molar-refractivity contribution is -0.868. The molecule has 0 aromatic heterocycles. The van der Waals surface area contributed by atoms with Crippen LogP contribution in [0.15, 0.2) is 0 Å². The van der Waals surface area contributed by atoms with Crippen LogP contribution in [-0.4, -0.2) is 32.2 Å². The van der Waals surface area contributed by atoms with Crippen LogP contribution in [0.25, 0.3) is 0 Å². The van der Waals surface area contributed by atoms with Crippen LogP contribution in [0.2, 0.25) is 0 Å². The average Bonchev–Trinajstić information content (AvgIpc) is 1.88. The summed E-state index contributed by atoms with van der Waals surface area (Å²) in [6.45, 7) is 3.39. The Kier molecular flexibility index (Phi) is 8.16. The molecule has 0 fully saturated rings. The minimum absolute atomic E-state index is 0. The molecule has 11 heavy (non-hydrogen) atoms. The fraction of sp³-hybridized carbons (Fsp3) is 1.00. The zero-order chi connectivity index (χ0) is 9.49. The monoisotopic (exact) mass is 185 g/mol. The minimum atomic E-state index is -3.15. The number of hydrogen-bond acceptors (Lipinski definition) is 4. The van der Waals surface area contributed by atoms with Crippen molar-refractivity contribution in [3.8, 4) is 0 Å². The van der Waals surface area contributed by atoms with Gasteiger partial charge in [0.1, 0.15) is 0 Å². The molecule has 5 nitrogen and oxygen atoms in total. The Morgan fingerprint density at radius 1 is 1.55 bits per heavy atom.